The Bertz CT molecular complexity index is 435. The van der Waals surface area contributed by atoms with Crippen molar-refractivity contribution >= 4 is 0 Å². The van der Waals surface area contributed by atoms with E-state index in [1.807, 2.05) is 39.0 Å². The van der Waals surface area contributed by atoms with Gasteiger partial charge in [-0.15, -0.1) is 0 Å². The molecule has 0 aliphatic carbocycles. The molecule has 1 atom stereocenters. The maximum Gasteiger partial charge on any atom is 0.411 e. The number of hydrogen-bond donors (Lipinski definition) is 1. The first kappa shape index (κ1) is 17.8. The third-order valence-electron chi connectivity index (χ3n) is 2.84. The lowest BCUT2D eigenvalue weighted by Crippen LogP contribution is -2.28. The van der Waals surface area contributed by atoms with Gasteiger partial charge in [-0.1, -0.05) is 24.6 Å². The van der Waals surface area contributed by atoms with Crippen molar-refractivity contribution < 1.29 is 22.6 Å². The summed E-state index contributed by atoms with van der Waals surface area (Å²) in [5.41, 5.74) is 1.84. The summed E-state index contributed by atoms with van der Waals surface area (Å²) in [6, 6.07) is 5.32. The topological polar surface area (TPSA) is 30.5 Å². The molecule has 0 spiro atoms. The highest BCUT2D eigenvalue weighted by Gasteiger charge is 2.28. The van der Waals surface area contributed by atoms with E-state index in [4.69, 9.17) is 9.47 Å². The molecule has 1 unspecified atom stereocenters. The zero-order valence-electron chi connectivity index (χ0n) is 12.6. The average Bonchev–Trinajstić information content (AvgIpc) is 2.39. The summed E-state index contributed by atoms with van der Waals surface area (Å²) in [4.78, 5) is 0. The lowest BCUT2D eigenvalue weighted by atomic mass is 10.0. The number of benzene rings is 1. The summed E-state index contributed by atoms with van der Waals surface area (Å²) in [5, 5.41) is 3.14. The van der Waals surface area contributed by atoms with Crippen LogP contribution in [0.5, 0.6) is 5.75 Å². The largest absolute Gasteiger partial charge is 0.494 e. The SMILES string of the molecule is CCNC(COCC(F)(F)F)c1cc(C)ccc1OCC. The predicted octanol–water partition coefficient (Wildman–Crippen LogP) is 3.62. The van der Waals surface area contributed by atoms with Gasteiger partial charge in [-0.25, -0.2) is 0 Å². The zero-order chi connectivity index (χ0) is 15.9. The van der Waals surface area contributed by atoms with Crippen molar-refractivity contribution in [3.05, 3.63) is 29.3 Å². The van der Waals surface area contributed by atoms with Gasteiger partial charge in [0.1, 0.15) is 12.4 Å². The molecule has 0 aliphatic rings. The van der Waals surface area contributed by atoms with Crippen LogP contribution in [0.3, 0.4) is 0 Å². The van der Waals surface area contributed by atoms with Crippen LogP contribution in [0, 0.1) is 6.92 Å². The molecule has 1 aromatic carbocycles. The van der Waals surface area contributed by atoms with E-state index in [1.54, 1.807) is 0 Å². The predicted molar refractivity (Wildman–Crippen MR) is 75.6 cm³/mol. The maximum absolute atomic E-state index is 12.2. The van der Waals surface area contributed by atoms with Gasteiger partial charge in [-0.3, -0.25) is 0 Å². The van der Waals surface area contributed by atoms with Gasteiger partial charge in [-0.2, -0.15) is 13.2 Å². The smallest absolute Gasteiger partial charge is 0.411 e. The quantitative estimate of drug-likeness (QED) is 0.795. The van der Waals surface area contributed by atoms with Crippen LogP contribution in [-0.2, 0) is 4.74 Å². The third-order valence-corrected chi connectivity index (χ3v) is 2.84. The minimum absolute atomic E-state index is 0.0587. The van der Waals surface area contributed by atoms with Crippen LogP contribution < -0.4 is 10.1 Å². The van der Waals surface area contributed by atoms with Crippen molar-refractivity contribution in [3.63, 3.8) is 0 Å². The Balaban J connectivity index is 2.85. The standard InChI is InChI=1S/C15H22F3NO2/c1-4-19-13(9-20-10-15(16,17)18)12-8-11(3)6-7-14(12)21-5-2/h6-8,13,19H,4-5,9-10H2,1-3H3. The van der Waals surface area contributed by atoms with Crippen molar-refractivity contribution in [2.24, 2.45) is 0 Å². The first-order valence-electron chi connectivity index (χ1n) is 6.98. The van der Waals surface area contributed by atoms with Gasteiger partial charge >= 0.3 is 6.18 Å². The van der Waals surface area contributed by atoms with Crippen LogP contribution in [0.1, 0.15) is 31.0 Å². The van der Waals surface area contributed by atoms with Gasteiger partial charge in [0, 0.05) is 5.56 Å². The Kier molecular flexibility index (Phi) is 6.98. The van der Waals surface area contributed by atoms with Crippen molar-refractivity contribution in [1.29, 1.82) is 0 Å². The van der Waals surface area contributed by atoms with Crippen LogP contribution in [0.25, 0.3) is 0 Å². The van der Waals surface area contributed by atoms with Gasteiger partial charge in [0.2, 0.25) is 0 Å². The van der Waals surface area contributed by atoms with Gasteiger partial charge in [0.05, 0.1) is 19.3 Å². The molecule has 0 bridgehead atoms. The Morgan fingerprint density at radius 1 is 1.24 bits per heavy atom. The summed E-state index contributed by atoms with van der Waals surface area (Å²) >= 11 is 0. The van der Waals surface area contributed by atoms with Crippen molar-refractivity contribution in [2.75, 3.05) is 26.4 Å². The second-order valence-electron chi connectivity index (χ2n) is 4.71. The molecular weight excluding hydrogens is 283 g/mol. The Hall–Kier alpha value is -1.27. The fraction of sp³-hybridized carbons (Fsp3) is 0.600. The number of ether oxygens (including phenoxy) is 2. The Morgan fingerprint density at radius 3 is 2.52 bits per heavy atom. The summed E-state index contributed by atoms with van der Waals surface area (Å²) < 4.78 is 46.9. The fourth-order valence-electron chi connectivity index (χ4n) is 2.02. The lowest BCUT2D eigenvalue weighted by molar-refractivity contribution is -0.175. The molecule has 120 valence electrons. The molecule has 0 aromatic heterocycles. The molecule has 1 rings (SSSR count). The molecule has 0 saturated carbocycles. The van der Waals surface area contributed by atoms with Crippen molar-refractivity contribution in [3.8, 4) is 5.75 Å². The van der Waals surface area contributed by atoms with Gasteiger partial charge in [0.15, 0.2) is 0 Å². The number of hydrogen-bond acceptors (Lipinski definition) is 3. The summed E-state index contributed by atoms with van der Waals surface area (Å²) in [6.45, 7) is 5.51. The molecule has 21 heavy (non-hydrogen) atoms. The number of alkyl halides is 3. The van der Waals surface area contributed by atoms with Crippen molar-refractivity contribution in [1.82, 2.24) is 5.32 Å². The van der Waals surface area contributed by atoms with Crippen LogP contribution >= 0.6 is 0 Å². The molecule has 6 heteroatoms. The first-order chi connectivity index (χ1) is 9.87. The molecule has 0 aliphatic heterocycles. The van der Waals surface area contributed by atoms with Crippen LogP contribution in [0.4, 0.5) is 13.2 Å². The highest BCUT2D eigenvalue weighted by atomic mass is 19.4. The molecule has 0 heterocycles. The first-order valence-corrected chi connectivity index (χ1v) is 6.98. The van der Waals surface area contributed by atoms with E-state index >= 15 is 0 Å². The summed E-state index contributed by atoms with van der Waals surface area (Å²) in [7, 11) is 0. The lowest BCUT2D eigenvalue weighted by Gasteiger charge is -2.22. The maximum atomic E-state index is 12.2. The highest BCUT2D eigenvalue weighted by Crippen LogP contribution is 2.27. The van der Waals surface area contributed by atoms with Gasteiger partial charge < -0.3 is 14.8 Å². The van der Waals surface area contributed by atoms with Crippen LogP contribution in [0.15, 0.2) is 18.2 Å². The minimum atomic E-state index is -4.31. The van der Waals surface area contributed by atoms with Crippen LogP contribution in [0.2, 0.25) is 0 Å². The van der Waals surface area contributed by atoms with Gasteiger partial charge in [0.25, 0.3) is 0 Å². The molecule has 3 nitrogen and oxygen atoms in total. The Labute approximate surface area is 123 Å². The van der Waals surface area contributed by atoms with Crippen molar-refractivity contribution in [2.45, 2.75) is 33.0 Å². The number of aryl methyl sites for hydroxylation is 1. The second kappa shape index (κ2) is 8.24. The molecule has 1 aromatic rings. The molecule has 0 amide bonds. The summed E-state index contributed by atoms with van der Waals surface area (Å²) in [5.74, 6) is 0.671. The molecule has 0 radical (unpaired) electrons. The van der Waals surface area contributed by atoms with Gasteiger partial charge in [-0.05, 0) is 26.5 Å². The number of nitrogens with one attached hydrogen (secondary N) is 1. The van der Waals surface area contributed by atoms with Crippen LogP contribution in [-0.4, -0.2) is 32.5 Å². The second-order valence-corrected chi connectivity index (χ2v) is 4.71. The molecule has 0 fully saturated rings. The summed E-state index contributed by atoms with van der Waals surface area (Å²) in [6.07, 6.45) is -4.31. The monoisotopic (exact) mass is 305 g/mol. The van der Waals surface area contributed by atoms with E-state index in [-0.39, 0.29) is 12.6 Å². The van der Waals surface area contributed by atoms with E-state index < -0.39 is 12.8 Å². The fourth-order valence-corrected chi connectivity index (χ4v) is 2.02. The minimum Gasteiger partial charge on any atom is -0.494 e. The van der Waals surface area contributed by atoms with E-state index in [1.165, 1.54) is 0 Å². The molecule has 1 N–H and O–H groups in total. The van der Waals surface area contributed by atoms with E-state index in [0.717, 1.165) is 11.1 Å². The number of halogens is 3. The zero-order valence-corrected chi connectivity index (χ0v) is 12.6. The van der Waals surface area contributed by atoms with E-state index in [2.05, 4.69) is 5.32 Å². The normalized spacial score (nSPS) is 13.2. The Morgan fingerprint density at radius 2 is 1.95 bits per heavy atom. The molecular formula is C15H22F3NO2. The molecule has 0 saturated heterocycles. The van der Waals surface area contributed by atoms with E-state index in [9.17, 15) is 13.2 Å². The van der Waals surface area contributed by atoms with E-state index in [0.29, 0.717) is 18.9 Å². The third kappa shape index (κ3) is 6.35. The average molecular weight is 305 g/mol. The highest BCUT2D eigenvalue weighted by molar-refractivity contribution is 5.39. The number of rotatable bonds is 8. The number of likely N-dealkylation sites (N-methyl/N-ethyl adjacent to an activating group) is 1.